The highest BCUT2D eigenvalue weighted by atomic mass is 35.5. The van der Waals surface area contributed by atoms with Gasteiger partial charge in [0.05, 0.1) is 22.7 Å². The van der Waals surface area contributed by atoms with Crippen molar-refractivity contribution < 1.29 is 25.6 Å². The van der Waals surface area contributed by atoms with Gasteiger partial charge in [0.1, 0.15) is 16.5 Å². The molecule has 6 nitrogen and oxygen atoms in total. The monoisotopic (exact) mass is 396 g/mol. The van der Waals surface area contributed by atoms with Crippen molar-refractivity contribution in [2.45, 2.75) is 4.90 Å². The van der Waals surface area contributed by atoms with E-state index < -0.39 is 36.6 Å². The maximum atomic E-state index is 13.6. The van der Waals surface area contributed by atoms with Gasteiger partial charge in [-0.15, -0.1) is 0 Å². The van der Waals surface area contributed by atoms with Crippen LogP contribution in [0.15, 0.2) is 41.3 Å². The van der Waals surface area contributed by atoms with Crippen LogP contribution in [-0.2, 0) is 20.0 Å². The van der Waals surface area contributed by atoms with E-state index >= 15 is 0 Å². The molecule has 2 aromatic carbocycles. The molecule has 0 unspecified atom stereocenters. The molecule has 11 heteroatoms. The number of nitrogens with one attached hydrogen (secondary N) is 2. The van der Waals surface area contributed by atoms with E-state index in [0.29, 0.717) is 6.07 Å². The Balaban J connectivity index is 2.32. The second-order valence-electron chi connectivity index (χ2n) is 4.75. The summed E-state index contributed by atoms with van der Waals surface area (Å²) >= 11 is 5.88. The summed E-state index contributed by atoms with van der Waals surface area (Å²) in [7, 11) is -7.87. The molecule has 0 aromatic heterocycles. The topological polar surface area (TPSA) is 92.3 Å². The van der Waals surface area contributed by atoms with E-state index in [1.807, 2.05) is 0 Å². The molecule has 0 aliphatic heterocycles. The van der Waals surface area contributed by atoms with E-state index in [1.165, 1.54) is 12.1 Å². The molecule has 0 atom stereocenters. The minimum absolute atomic E-state index is 0.0252. The quantitative estimate of drug-likeness (QED) is 0.812. The number of hydrogen-bond acceptors (Lipinski definition) is 4. The van der Waals surface area contributed by atoms with Gasteiger partial charge in [-0.25, -0.2) is 25.6 Å². The van der Waals surface area contributed by atoms with Crippen molar-refractivity contribution >= 4 is 43.0 Å². The van der Waals surface area contributed by atoms with Gasteiger partial charge in [0.25, 0.3) is 10.0 Å². The van der Waals surface area contributed by atoms with Crippen LogP contribution in [0, 0.1) is 11.6 Å². The Hall–Kier alpha value is -1.91. The van der Waals surface area contributed by atoms with Crippen molar-refractivity contribution in [2.75, 3.05) is 15.7 Å². The molecule has 2 aromatic rings. The van der Waals surface area contributed by atoms with Crippen LogP contribution in [0.1, 0.15) is 0 Å². The number of halogens is 3. The molecule has 0 aliphatic carbocycles. The van der Waals surface area contributed by atoms with Crippen molar-refractivity contribution in [3.63, 3.8) is 0 Å². The van der Waals surface area contributed by atoms with Crippen molar-refractivity contribution in [1.82, 2.24) is 0 Å². The molecule has 0 amide bonds. The van der Waals surface area contributed by atoms with E-state index in [-0.39, 0.29) is 16.4 Å². The molecule has 0 radical (unpaired) electrons. The number of hydrogen-bond donors (Lipinski definition) is 2. The van der Waals surface area contributed by atoms with E-state index in [4.69, 9.17) is 11.6 Å². The molecule has 0 heterocycles. The van der Waals surface area contributed by atoms with Crippen molar-refractivity contribution in [3.8, 4) is 0 Å². The van der Waals surface area contributed by atoms with Crippen LogP contribution >= 0.6 is 11.6 Å². The predicted molar refractivity (Wildman–Crippen MR) is 87.1 cm³/mol. The smallest absolute Gasteiger partial charge is 0.264 e. The first kappa shape index (κ1) is 18.4. The Morgan fingerprint density at radius 3 is 2.17 bits per heavy atom. The number of benzene rings is 2. The molecule has 2 rings (SSSR count). The van der Waals surface area contributed by atoms with E-state index in [9.17, 15) is 25.6 Å². The summed E-state index contributed by atoms with van der Waals surface area (Å²) < 4.78 is 77.3. The third kappa shape index (κ3) is 4.56. The molecule has 0 fully saturated rings. The molecule has 24 heavy (non-hydrogen) atoms. The molecular formula is C13H11ClF2N2O4S2. The molecule has 0 bridgehead atoms. The summed E-state index contributed by atoms with van der Waals surface area (Å²) in [5, 5.41) is -0.0693. The molecule has 130 valence electrons. The Morgan fingerprint density at radius 1 is 0.958 bits per heavy atom. The summed E-state index contributed by atoms with van der Waals surface area (Å²) in [6.45, 7) is 0. The van der Waals surface area contributed by atoms with Gasteiger partial charge in [0.2, 0.25) is 10.0 Å². The number of sulfonamides is 2. The first-order chi connectivity index (χ1) is 11.0. The number of rotatable bonds is 5. The van der Waals surface area contributed by atoms with Crippen LogP contribution in [0.25, 0.3) is 0 Å². The lowest BCUT2D eigenvalue weighted by Gasteiger charge is -2.11. The largest absolute Gasteiger partial charge is 0.282 e. The van der Waals surface area contributed by atoms with Crippen LogP contribution in [0.4, 0.5) is 20.2 Å². The molecule has 0 spiro atoms. The summed E-state index contributed by atoms with van der Waals surface area (Å²) in [5.74, 6) is -2.16. The highest BCUT2D eigenvalue weighted by Crippen LogP contribution is 2.28. The minimum Gasteiger partial charge on any atom is -0.282 e. The standard InChI is InChI=1S/C13H11ClF2N2O4S2/c1-23(19,20)18-12-4-3-9(7-10(12)14)17-24(21,22)13-5-2-8(15)6-11(13)16/h2-7,17-18H,1H3. The van der Waals surface area contributed by atoms with Crippen molar-refractivity contribution in [2.24, 2.45) is 0 Å². The third-order valence-corrected chi connectivity index (χ3v) is 5.02. The lowest BCUT2D eigenvalue weighted by Crippen LogP contribution is -2.15. The fraction of sp³-hybridized carbons (Fsp3) is 0.0769. The Bertz CT molecular complexity index is 995. The van der Waals surface area contributed by atoms with Gasteiger partial charge in [-0.1, -0.05) is 11.6 Å². The van der Waals surface area contributed by atoms with Crippen LogP contribution in [0.3, 0.4) is 0 Å². The van der Waals surface area contributed by atoms with Gasteiger partial charge in [-0.05, 0) is 30.3 Å². The van der Waals surface area contributed by atoms with Gasteiger partial charge >= 0.3 is 0 Å². The lowest BCUT2D eigenvalue weighted by molar-refractivity contribution is 0.551. The normalized spacial score (nSPS) is 12.0. The molecule has 2 N–H and O–H groups in total. The Labute approximate surface area is 142 Å². The van der Waals surface area contributed by atoms with Crippen LogP contribution < -0.4 is 9.44 Å². The molecule has 0 saturated carbocycles. The predicted octanol–water partition coefficient (Wildman–Crippen LogP) is 2.79. The summed E-state index contributed by atoms with van der Waals surface area (Å²) in [4.78, 5) is -0.738. The molecular weight excluding hydrogens is 386 g/mol. The van der Waals surface area contributed by atoms with Gasteiger partial charge in [-0.3, -0.25) is 9.44 Å². The summed E-state index contributed by atoms with van der Waals surface area (Å²) in [6, 6.07) is 5.66. The Morgan fingerprint density at radius 2 is 1.62 bits per heavy atom. The van der Waals surface area contributed by atoms with Gasteiger partial charge in [0, 0.05) is 6.07 Å². The number of anilines is 2. The zero-order valence-corrected chi connectivity index (χ0v) is 14.4. The fourth-order valence-corrected chi connectivity index (χ4v) is 3.74. The van der Waals surface area contributed by atoms with Gasteiger partial charge in [0.15, 0.2) is 0 Å². The lowest BCUT2D eigenvalue weighted by atomic mass is 10.3. The third-order valence-electron chi connectivity index (χ3n) is 2.70. The van der Waals surface area contributed by atoms with Crippen LogP contribution in [0.2, 0.25) is 5.02 Å². The van der Waals surface area contributed by atoms with E-state index in [2.05, 4.69) is 9.44 Å². The van der Waals surface area contributed by atoms with Crippen molar-refractivity contribution in [1.29, 1.82) is 0 Å². The second-order valence-corrected chi connectivity index (χ2v) is 8.56. The minimum atomic E-state index is -4.31. The average molecular weight is 397 g/mol. The van der Waals surface area contributed by atoms with E-state index in [1.54, 1.807) is 0 Å². The highest BCUT2D eigenvalue weighted by molar-refractivity contribution is 7.92. The summed E-state index contributed by atoms with van der Waals surface area (Å²) in [6.07, 6.45) is 0.928. The zero-order valence-electron chi connectivity index (χ0n) is 12.0. The van der Waals surface area contributed by atoms with E-state index in [0.717, 1.165) is 24.5 Å². The summed E-state index contributed by atoms with van der Waals surface area (Å²) in [5.41, 5.74) is 0.0258. The first-order valence-electron chi connectivity index (χ1n) is 6.23. The van der Waals surface area contributed by atoms with Gasteiger partial charge < -0.3 is 0 Å². The second kappa shape index (κ2) is 6.54. The Kier molecular flexibility index (Phi) is 5.02. The maximum Gasteiger partial charge on any atom is 0.264 e. The van der Waals surface area contributed by atoms with Gasteiger partial charge in [-0.2, -0.15) is 0 Å². The SMILES string of the molecule is CS(=O)(=O)Nc1ccc(NS(=O)(=O)c2ccc(F)cc2F)cc1Cl. The molecule has 0 saturated heterocycles. The van der Waals surface area contributed by atoms with Crippen LogP contribution in [-0.4, -0.2) is 23.1 Å². The zero-order chi connectivity index (χ0) is 18.1. The van der Waals surface area contributed by atoms with Crippen LogP contribution in [0.5, 0.6) is 0 Å². The first-order valence-corrected chi connectivity index (χ1v) is 9.98. The molecule has 0 aliphatic rings. The highest BCUT2D eigenvalue weighted by Gasteiger charge is 2.20. The average Bonchev–Trinajstić information content (AvgIpc) is 2.39. The van der Waals surface area contributed by atoms with Crippen molar-refractivity contribution in [3.05, 3.63) is 53.1 Å². The maximum absolute atomic E-state index is 13.6. The fourth-order valence-electron chi connectivity index (χ4n) is 1.76.